The minimum Gasteiger partial charge on any atom is -0.450 e. The number of aromatic nitrogens is 1. The largest absolute Gasteiger partial charge is 0.450 e. The monoisotopic (exact) mass is 422 g/mol. The fraction of sp³-hybridized carbons (Fsp3) is 0.400. The van der Waals surface area contributed by atoms with Crippen LogP contribution in [0.3, 0.4) is 0 Å². The molecule has 1 aromatic heterocycles. The van der Waals surface area contributed by atoms with Crippen LogP contribution in [0, 0.1) is 45.9 Å². The molecule has 6 heteroatoms. The minimum absolute atomic E-state index is 0.150. The number of hydrogen-bond acceptors (Lipinski definition) is 5. The van der Waals surface area contributed by atoms with E-state index in [4.69, 9.17) is 9.47 Å². The van der Waals surface area contributed by atoms with Crippen LogP contribution < -0.4 is 0 Å². The molecular weight excluding hydrogens is 392 g/mol. The second-order valence-corrected chi connectivity index (χ2v) is 7.80. The van der Waals surface area contributed by atoms with Crippen LogP contribution in [0.25, 0.3) is 6.08 Å². The average Bonchev–Trinajstić information content (AvgIpc) is 2.99. The number of carbonyl (C=O) groups is 2. The molecule has 6 nitrogen and oxygen atoms in total. The number of carbonyl (C=O) groups excluding carboxylic acids is 2. The fourth-order valence-electron chi connectivity index (χ4n) is 3.52. The molecule has 0 aliphatic carbocycles. The van der Waals surface area contributed by atoms with Crippen LogP contribution in [0.15, 0.2) is 23.8 Å². The third kappa shape index (κ3) is 5.50. The summed E-state index contributed by atoms with van der Waals surface area (Å²) in [6.07, 6.45) is 0.506. The number of nitriles is 1. The lowest BCUT2D eigenvalue weighted by Gasteiger charge is -2.15. The van der Waals surface area contributed by atoms with Gasteiger partial charge >= 0.3 is 5.97 Å². The number of rotatable bonds is 8. The Balaban J connectivity index is 2.23. The van der Waals surface area contributed by atoms with Gasteiger partial charge < -0.3 is 14.0 Å². The highest BCUT2D eigenvalue weighted by Gasteiger charge is 2.24. The van der Waals surface area contributed by atoms with E-state index in [-0.39, 0.29) is 11.4 Å². The van der Waals surface area contributed by atoms with Gasteiger partial charge in [-0.1, -0.05) is 6.07 Å². The summed E-state index contributed by atoms with van der Waals surface area (Å²) in [6.45, 7) is 12.4. The Bertz CT molecular complexity index is 1070. The van der Waals surface area contributed by atoms with E-state index in [9.17, 15) is 14.9 Å². The maximum atomic E-state index is 12.8. The first kappa shape index (κ1) is 24.1. The fourth-order valence-corrected chi connectivity index (χ4v) is 3.52. The van der Waals surface area contributed by atoms with E-state index in [1.807, 2.05) is 58.9 Å². The Labute approximate surface area is 184 Å². The van der Waals surface area contributed by atoms with Crippen molar-refractivity contribution < 1.29 is 19.1 Å². The highest BCUT2D eigenvalue weighted by atomic mass is 16.5. The summed E-state index contributed by atoms with van der Waals surface area (Å²) in [6, 6.07) is 7.56. The van der Waals surface area contributed by atoms with Crippen molar-refractivity contribution in [2.45, 2.75) is 54.2 Å². The van der Waals surface area contributed by atoms with E-state index in [2.05, 4.69) is 4.57 Å². The standard InChI is InChI=1S/C25H30N2O4/c1-15-10-17(3)23(11-16(15)2)24(28)20(6)31-25(29)22(14-26)13-21-12-18(4)27(19(21)5)8-9-30-7/h10-13,20H,8-9H2,1-7H3/b22-13+/t20-/m1/s1. The summed E-state index contributed by atoms with van der Waals surface area (Å²) in [5.41, 5.74) is 5.97. The summed E-state index contributed by atoms with van der Waals surface area (Å²) in [5, 5.41) is 9.51. The summed E-state index contributed by atoms with van der Waals surface area (Å²) in [7, 11) is 1.64. The predicted octanol–water partition coefficient (Wildman–Crippen LogP) is 4.40. The van der Waals surface area contributed by atoms with Crippen molar-refractivity contribution >= 4 is 17.8 Å². The maximum Gasteiger partial charge on any atom is 0.349 e. The lowest BCUT2D eigenvalue weighted by molar-refractivity contribution is -0.141. The second-order valence-electron chi connectivity index (χ2n) is 7.80. The summed E-state index contributed by atoms with van der Waals surface area (Å²) >= 11 is 0. The lowest BCUT2D eigenvalue weighted by atomic mass is 9.96. The third-order valence-electron chi connectivity index (χ3n) is 5.53. The van der Waals surface area contributed by atoms with E-state index in [0.29, 0.717) is 18.7 Å². The Morgan fingerprint density at radius 2 is 1.74 bits per heavy atom. The van der Waals surface area contributed by atoms with Gasteiger partial charge in [-0.25, -0.2) is 4.79 Å². The van der Waals surface area contributed by atoms with Crippen LogP contribution in [0.2, 0.25) is 0 Å². The van der Waals surface area contributed by atoms with Crippen molar-refractivity contribution in [1.82, 2.24) is 4.57 Å². The summed E-state index contributed by atoms with van der Waals surface area (Å²) in [5.74, 6) is -1.10. The zero-order valence-corrected chi connectivity index (χ0v) is 19.3. The molecule has 31 heavy (non-hydrogen) atoms. The smallest absolute Gasteiger partial charge is 0.349 e. The molecular formula is C25H30N2O4. The molecule has 0 unspecified atom stereocenters. The number of benzene rings is 1. The molecule has 0 aliphatic rings. The van der Waals surface area contributed by atoms with E-state index in [1.165, 1.54) is 13.0 Å². The molecule has 1 aromatic carbocycles. The zero-order valence-electron chi connectivity index (χ0n) is 19.3. The van der Waals surface area contributed by atoms with Crippen molar-refractivity contribution in [3.05, 3.63) is 63.0 Å². The average molecular weight is 423 g/mol. The van der Waals surface area contributed by atoms with E-state index in [0.717, 1.165) is 33.6 Å². The first-order valence-corrected chi connectivity index (χ1v) is 10.2. The second kappa shape index (κ2) is 10.2. The molecule has 0 bridgehead atoms. The first-order valence-electron chi connectivity index (χ1n) is 10.2. The normalized spacial score (nSPS) is 12.4. The van der Waals surface area contributed by atoms with Gasteiger partial charge in [0.1, 0.15) is 11.6 Å². The highest BCUT2D eigenvalue weighted by Crippen LogP contribution is 2.21. The number of ketones is 1. The summed E-state index contributed by atoms with van der Waals surface area (Å²) < 4.78 is 12.5. The topological polar surface area (TPSA) is 81.3 Å². The van der Waals surface area contributed by atoms with Crippen LogP contribution >= 0.6 is 0 Å². The van der Waals surface area contributed by atoms with Gasteiger partial charge in [0.2, 0.25) is 5.78 Å². The molecule has 2 rings (SSSR count). The molecule has 0 aliphatic heterocycles. The highest BCUT2D eigenvalue weighted by molar-refractivity contribution is 6.04. The van der Waals surface area contributed by atoms with Crippen molar-refractivity contribution in [2.75, 3.05) is 13.7 Å². The number of aryl methyl sites for hydroxylation is 4. The maximum absolute atomic E-state index is 12.8. The molecule has 0 spiro atoms. The van der Waals surface area contributed by atoms with Gasteiger partial charge in [-0.15, -0.1) is 0 Å². The van der Waals surface area contributed by atoms with Crippen molar-refractivity contribution in [1.29, 1.82) is 5.26 Å². The Morgan fingerprint density at radius 3 is 2.35 bits per heavy atom. The number of ether oxygens (including phenoxy) is 2. The number of esters is 1. The van der Waals surface area contributed by atoms with Gasteiger partial charge in [0.15, 0.2) is 6.10 Å². The predicted molar refractivity (Wildman–Crippen MR) is 120 cm³/mol. The van der Waals surface area contributed by atoms with Gasteiger partial charge in [-0.05, 0) is 82.0 Å². The summed E-state index contributed by atoms with van der Waals surface area (Å²) in [4.78, 5) is 25.5. The van der Waals surface area contributed by atoms with Crippen molar-refractivity contribution in [2.24, 2.45) is 0 Å². The molecule has 0 amide bonds. The molecule has 164 valence electrons. The number of Topliss-reactive ketones (excluding diaryl/α,β-unsaturated/α-hetero) is 1. The molecule has 0 saturated carbocycles. The van der Waals surface area contributed by atoms with Crippen LogP contribution in [-0.4, -0.2) is 36.1 Å². The van der Waals surface area contributed by atoms with Crippen LogP contribution in [0.4, 0.5) is 0 Å². The number of nitrogens with zero attached hydrogens (tertiary/aromatic N) is 2. The van der Waals surface area contributed by atoms with E-state index >= 15 is 0 Å². The van der Waals surface area contributed by atoms with Crippen molar-refractivity contribution in [3.8, 4) is 6.07 Å². The van der Waals surface area contributed by atoms with Gasteiger partial charge in [-0.2, -0.15) is 5.26 Å². The van der Waals surface area contributed by atoms with Crippen LogP contribution in [0.5, 0.6) is 0 Å². The van der Waals surface area contributed by atoms with E-state index in [1.54, 1.807) is 7.11 Å². The molecule has 0 radical (unpaired) electrons. The Kier molecular flexibility index (Phi) is 7.95. The molecule has 0 fully saturated rings. The molecule has 1 atom stereocenters. The Morgan fingerprint density at radius 1 is 1.10 bits per heavy atom. The third-order valence-corrected chi connectivity index (χ3v) is 5.53. The van der Waals surface area contributed by atoms with Crippen molar-refractivity contribution in [3.63, 3.8) is 0 Å². The van der Waals surface area contributed by atoms with Gasteiger partial charge in [0.25, 0.3) is 0 Å². The number of hydrogen-bond donors (Lipinski definition) is 0. The SMILES string of the molecule is COCCn1c(C)cc(/C=C(\C#N)C(=O)O[C@H](C)C(=O)c2cc(C)c(C)cc2C)c1C. The minimum atomic E-state index is -1.00. The van der Waals surface area contributed by atoms with Crippen LogP contribution in [0.1, 0.15) is 50.9 Å². The molecule has 0 N–H and O–H groups in total. The van der Waals surface area contributed by atoms with Gasteiger partial charge in [-0.3, -0.25) is 4.79 Å². The van der Waals surface area contributed by atoms with E-state index < -0.39 is 12.1 Å². The number of methoxy groups -OCH3 is 1. The molecule has 2 aromatic rings. The lowest BCUT2D eigenvalue weighted by Crippen LogP contribution is -2.25. The van der Waals surface area contributed by atoms with Gasteiger partial charge in [0.05, 0.1) is 6.61 Å². The molecule has 0 saturated heterocycles. The molecule has 1 heterocycles. The zero-order chi connectivity index (χ0) is 23.3. The van der Waals surface area contributed by atoms with Crippen LogP contribution in [-0.2, 0) is 20.8 Å². The first-order chi connectivity index (χ1) is 14.6. The Hall–Kier alpha value is -3.17. The van der Waals surface area contributed by atoms with Gasteiger partial charge in [0, 0.05) is 30.6 Å². The quantitative estimate of drug-likeness (QED) is 0.273.